The molecule has 0 radical (unpaired) electrons. The van der Waals surface area contributed by atoms with E-state index in [0.717, 1.165) is 63.4 Å². The van der Waals surface area contributed by atoms with Gasteiger partial charge in [0.05, 0.1) is 0 Å². The highest BCUT2D eigenvalue weighted by molar-refractivity contribution is 5.55. The van der Waals surface area contributed by atoms with Crippen molar-refractivity contribution in [3.8, 4) is 0 Å². The summed E-state index contributed by atoms with van der Waals surface area (Å²) >= 11 is 0. The number of hydrogen-bond donors (Lipinski definition) is 1. The largest absolute Gasteiger partial charge is 0.371 e. The first-order valence-corrected chi connectivity index (χ1v) is 7.40. The molecule has 0 amide bonds. The number of nitrogens with zero attached hydrogens (tertiary/aromatic N) is 2. The van der Waals surface area contributed by atoms with E-state index in [1.54, 1.807) is 0 Å². The second-order valence-electron chi connectivity index (χ2n) is 5.62. The van der Waals surface area contributed by atoms with Crippen molar-refractivity contribution in [1.82, 2.24) is 10.2 Å². The van der Waals surface area contributed by atoms with Gasteiger partial charge in [-0.25, -0.2) is 8.78 Å². The van der Waals surface area contributed by atoms with E-state index in [1.807, 2.05) is 0 Å². The molecule has 0 aromatic heterocycles. The van der Waals surface area contributed by atoms with Crippen molar-refractivity contribution in [2.75, 3.05) is 44.2 Å². The second kappa shape index (κ2) is 6.06. The average molecular weight is 281 g/mol. The van der Waals surface area contributed by atoms with E-state index >= 15 is 0 Å². The Balaban J connectivity index is 1.84. The maximum atomic E-state index is 13.6. The molecule has 2 saturated heterocycles. The van der Waals surface area contributed by atoms with Crippen LogP contribution in [0, 0.1) is 11.6 Å². The molecule has 2 aliphatic rings. The maximum absolute atomic E-state index is 13.6. The van der Waals surface area contributed by atoms with Crippen molar-refractivity contribution in [1.29, 1.82) is 0 Å². The number of benzene rings is 1. The zero-order valence-electron chi connectivity index (χ0n) is 11.7. The minimum absolute atomic E-state index is 0.699. The molecule has 0 spiro atoms. The molecular weight excluding hydrogens is 260 g/mol. The quantitative estimate of drug-likeness (QED) is 0.914. The van der Waals surface area contributed by atoms with Gasteiger partial charge in [0.15, 0.2) is 11.6 Å². The van der Waals surface area contributed by atoms with Crippen molar-refractivity contribution in [3.63, 3.8) is 0 Å². The van der Waals surface area contributed by atoms with Crippen molar-refractivity contribution in [2.45, 2.75) is 19.4 Å². The summed E-state index contributed by atoms with van der Waals surface area (Å²) in [5.41, 5.74) is 1.78. The Labute approximate surface area is 118 Å². The normalized spacial score (nSPS) is 20.6. The Morgan fingerprint density at radius 3 is 2.30 bits per heavy atom. The summed E-state index contributed by atoms with van der Waals surface area (Å²) in [6.45, 7) is 6.42. The first kappa shape index (κ1) is 13.8. The molecule has 2 heterocycles. The molecule has 2 fully saturated rings. The SMILES string of the molecule is Fc1cc(CN2CCNCC2)c(N2CCCC2)cc1F. The van der Waals surface area contributed by atoms with Crippen LogP contribution in [-0.2, 0) is 6.54 Å². The molecule has 0 aliphatic carbocycles. The monoisotopic (exact) mass is 281 g/mol. The van der Waals surface area contributed by atoms with Crippen LogP contribution < -0.4 is 10.2 Å². The van der Waals surface area contributed by atoms with Crippen LogP contribution in [0.2, 0.25) is 0 Å². The van der Waals surface area contributed by atoms with E-state index < -0.39 is 11.6 Å². The van der Waals surface area contributed by atoms with Gasteiger partial charge in [0, 0.05) is 57.6 Å². The fraction of sp³-hybridized carbons (Fsp3) is 0.600. The average Bonchev–Trinajstić information content (AvgIpc) is 2.98. The lowest BCUT2D eigenvalue weighted by Crippen LogP contribution is -2.43. The minimum Gasteiger partial charge on any atom is -0.371 e. The number of nitrogens with one attached hydrogen (secondary N) is 1. The van der Waals surface area contributed by atoms with Crippen LogP contribution in [0.1, 0.15) is 18.4 Å². The minimum atomic E-state index is -0.740. The Bertz CT molecular complexity index is 466. The molecule has 0 unspecified atom stereocenters. The fourth-order valence-corrected chi connectivity index (χ4v) is 3.07. The van der Waals surface area contributed by atoms with E-state index in [9.17, 15) is 8.78 Å². The van der Waals surface area contributed by atoms with Crippen molar-refractivity contribution in [3.05, 3.63) is 29.3 Å². The first-order chi connectivity index (χ1) is 9.74. The third-order valence-electron chi connectivity index (χ3n) is 4.17. The van der Waals surface area contributed by atoms with Gasteiger partial charge in [-0.05, 0) is 24.5 Å². The number of rotatable bonds is 3. The summed E-state index contributed by atoms with van der Waals surface area (Å²) in [6, 6.07) is 2.75. The Morgan fingerprint density at radius 1 is 0.950 bits per heavy atom. The predicted molar refractivity (Wildman–Crippen MR) is 76.0 cm³/mol. The van der Waals surface area contributed by atoms with E-state index in [-0.39, 0.29) is 0 Å². The molecule has 1 N–H and O–H groups in total. The van der Waals surface area contributed by atoms with E-state index in [1.165, 1.54) is 12.1 Å². The van der Waals surface area contributed by atoms with Gasteiger partial charge < -0.3 is 10.2 Å². The lowest BCUT2D eigenvalue weighted by molar-refractivity contribution is 0.233. The van der Waals surface area contributed by atoms with Crippen LogP contribution in [0.5, 0.6) is 0 Å². The number of hydrogen-bond acceptors (Lipinski definition) is 3. The van der Waals surface area contributed by atoms with Gasteiger partial charge in [0.2, 0.25) is 0 Å². The fourth-order valence-electron chi connectivity index (χ4n) is 3.07. The molecule has 0 atom stereocenters. The second-order valence-corrected chi connectivity index (χ2v) is 5.62. The third-order valence-corrected chi connectivity index (χ3v) is 4.17. The van der Waals surface area contributed by atoms with Gasteiger partial charge >= 0.3 is 0 Å². The van der Waals surface area contributed by atoms with Gasteiger partial charge in [-0.1, -0.05) is 0 Å². The topological polar surface area (TPSA) is 18.5 Å². The molecule has 5 heteroatoms. The summed E-state index contributed by atoms with van der Waals surface area (Å²) < 4.78 is 27.1. The van der Waals surface area contributed by atoms with Crippen LogP contribution in [0.25, 0.3) is 0 Å². The highest BCUT2D eigenvalue weighted by atomic mass is 19.2. The summed E-state index contributed by atoms with van der Waals surface area (Å²) in [6.07, 6.45) is 2.26. The predicted octanol–water partition coefficient (Wildman–Crippen LogP) is 1.97. The summed E-state index contributed by atoms with van der Waals surface area (Å²) in [7, 11) is 0. The molecule has 20 heavy (non-hydrogen) atoms. The van der Waals surface area contributed by atoms with Crippen molar-refractivity contribution >= 4 is 5.69 Å². The summed E-state index contributed by atoms with van der Waals surface area (Å²) in [5, 5.41) is 3.30. The van der Waals surface area contributed by atoms with Gasteiger partial charge in [0.25, 0.3) is 0 Å². The molecule has 1 aromatic rings. The molecule has 3 nitrogen and oxygen atoms in total. The lowest BCUT2D eigenvalue weighted by Gasteiger charge is -2.29. The summed E-state index contributed by atoms with van der Waals surface area (Å²) in [4.78, 5) is 4.47. The highest BCUT2D eigenvalue weighted by Gasteiger charge is 2.20. The molecule has 3 rings (SSSR count). The van der Waals surface area contributed by atoms with Crippen molar-refractivity contribution in [2.24, 2.45) is 0 Å². The molecule has 2 aliphatic heterocycles. The van der Waals surface area contributed by atoms with Gasteiger partial charge in [-0.2, -0.15) is 0 Å². The van der Waals surface area contributed by atoms with Gasteiger partial charge in [-0.15, -0.1) is 0 Å². The standard InChI is InChI=1S/C15H21F2N3/c16-13-9-12(11-19-7-3-18-4-8-19)15(10-14(13)17)20-5-1-2-6-20/h9-10,18H,1-8,11H2. The van der Waals surface area contributed by atoms with Crippen LogP contribution in [0.15, 0.2) is 12.1 Å². The van der Waals surface area contributed by atoms with E-state index in [4.69, 9.17) is 0 Å². The zero-order chi connectivity index (χ0) is 13.9. The highest BCUT2D eigenvalue weighted by Crippen LogP contribution is 2.28. The lowest BCUT2D eigenvalue weighted by atomic mass is 10.1. The molecule has 0 saturated carbocycles. The smallest absolute Gasteiger partial charge is 0.160 e. The van der Waals surface area contributed by atoms with Gasteiger partial charge in [-0.3, -0.25) is 4.90 Å². The number of halogens is 2. The molecule has 110 valence electrons. The zero-order valence-corrected chi connectivity index (χ0v) is 11.7. The number of anilines is 1. The molecule has 1 aromatic carbocycles. The summed E-state index contributed by atoms with van der Waals surface area (Å²) in [5.74, 6) is -1.48. The maximum Gasteiger partial charge on any atom is 0.160 e. The van der Waals surface area contributed by atoms with Crippen LogP contribution in [0.3, 0.4) is 0 Å². The number of piperazine rings is 1. The Kier molecular flexibility index (Phi) is 4.17. The Morgan fingerprint density at radius 2 is 1.60 bits per heavy atom. The van der Waals surface area contributed by atoms with E-state index in [2.05, 4.69) is 15.1 Å². The van der Waals surface area contributed by atoms with Crippen LogP contribution in [0.4, 0.5) is 14.5 Å². The molecule has 0 bridgehead atoms. The van der Waals surface area contributed by atoms with Crippen molar-refractivity contribution < 1.29 is 8.78 Å². The first-order valence-electron chi connectivity index (χ1n) is 7.40. The third kappa shape index (κ3) is 2.94. The van der Waals surface area contributed by atoms with Crippen LogP contribution in [-0.4, -0.2) is 44.2 Å². The van der Waals surface area contributed by atoms with E-state index in [0.29, 0.717) is 6.54 Å². The van der Waals surface area contributed by atoms with Crippen LogP contribution >= 0.6 is 0 Å². The molecular formula is C15H21F2N3. The Hall–Kier alpha value is -1.20. The van der Waals surface area contributed by atoms with Gasteiger partial charge in [0.1, 0.15) is 0 Å².